The van der Waals surface area contributed by atoms with Crippen molar-refractivity contribution < 1.29 is 22.7 Å². The number of anilines is 1. The number of hydrogen-bond donors (Lipinski definition) is 0. The maximum atomic E-state index is 15.4. The number of nitrogens with zero attached hydrogens (tertiary/aromatic N) is 5. The van der Waals surface area contributed by atoms with Crippen molar-refractivity contribution in [2.45, 2.75) is 101 Å². The third-order valence-corrected chi connectivity index (χ3v) is 15.0. The van der Waals surface area contributed by atoms with Gasteiger partial charge in [-0.15, -0.1) is 0 Å². The number of hydrogen-bond acceptors (Lipinski definition) is 8. The standard InChI is InChI=1S/C28H40ClF2N5O3Si/c1-26(2,3)40(5,6)39-18-13-27(14-18)9-11-37-24-19-21(20(31)22(29)33-24)32-25(34-23(19)35(27)4)38-16-28-8-7-10-36(28)15-17(30)12-28/h17-18H,7-16H2,1-6H3/t17-,18?,27?,28+/m1/s1. The summed E-state index contributed by atoms with van der Waals surface area (Å²) in [5.74, 6) is -0.0209. The summed E-state index contributed by atoms with van der Waals surface area (Å²) in [7, 11) is 0.0517. The molecule has 40 heavy (non-hydrogen) atoms. The first-order chi connectivity index (χ1) is 18.7. The molecule has 1 aliphatic carbocycles. The molecule has 4 aliphatic rings. The number of aromatic nitrogens is 3. The molecule has 220 valence electrons. The van der Waals surface area contributed by atoms with Crippen molar-refractivity contribution in [2.24, 2.45) is 0 Å². The molecule has 0 bridgehead atoms. The molecule has 0 N–H and O–H groups in total. The zero-order valence-electron chi connectivity index (χ0n) is 24.3. The SMILES string of the molecule is CN1c2nc(OC[C@@]34CCCN3C[C@H](F)C4)nc3c(F)c(Cl)nc(c23)OCCC12CC(O[Si](C)(C)C(C)(C)C)C2. The maximum Gasteiger partial charge on any atom is 0.319 e. The van der Waals surface area contributed by atoms with Gasteiger partial charge in [-0.05, 0) is 50.4 Å². The molecule has 12 heteroatoms. The Bertz CT molecular complexity index is 1320. The van der Waals surface area contributed by atoms with E-state index in [-0.39, 0.29) is 51.4 Å². The molecule has 0 radical (unpaired) electrons. The molecule has 2 aromatic heterocycles. The Morgan fingerprint density at radius 1 is 1.15 bits per heavy atom. The summed E-state index contributed by atoms with van der Waals surface area (Å²) in [6.45, 7) is 13.2. The lowest BCUT2D eigenvalue weighted by Gasteiger charge is -2.56. The summed E-state index contributed by atoms with van der Waals surface area (Å²) in [5, 5.41) is 0.197. The van der Waals surface area contributed by atoms with Crippen LogP contribution in [-0.2, 0) is 4.43 Å². The van der Waals surface area contributed by atoms with E-state index in [9.17, 15) is 4.39 Å². The molecule has 3 fully saturated rings. The topological polar surface area (TPSA) is 72.8 Å². The highest BCUT2D eigenvalue weighted by atomic mass is 35.5. The number of ether oxygens (including phenoxy) is 2. The first kappa shape index (κ1) is 28.3. The van der Waals surface area contributed by atoms with E-state index in [2.05, 4.69) is 53.6 Å². The van der Waals surface area contributed by atoms with E-state index in [1.165, 1.54) is 0 Å². The van der Waals surface area contributed by atoms with E-state index in [0.29, 0.717) is 30.8 Å². The van der Waals surface area contributed by atoms with Crippen LogP contribution in [0.25, 0.3) is 10.9 Å². The van der Waals surface area contributed by atoms with E-state index >= 15 is 4.39 Å². The molecule has 2 atom stereocenters. The molecule has 0 unspecified atom stereocenters. The average Bonchev–Trinajstić information content (AvgIpc) is 3.37. The number of alkyl halides is 1. The van der Waals surface area contributed by atoms with Crippen LogP contribution in [0.4, 0.5) is 14.6 Å². The molecule has 1 saturated carbocycles. The smallest absolute Gasteiger partial charge is 0.319 e. The fraction of sp³-hybridized carbons (Fsp3) is 0.750. The molecule has 8 nitrogen and oxygen atoms in total. The van der Waals surface area contributed by atoms with Crippen LogP contribution in [0.15, 0.2) is 0 Å². The largest absolute Gasteiger partial charge is 0.477 e. The predicted octanol–water partition coefficient (Wildman–Crippen LogP) is 5.91. The number of halogens is 3. The number of rotatable bonds is 5. The van der Waals surface area contributed by atoms with Crippen LogP contribution < -0.4 is 14.4 Å². The Labute approximate surface area is 240 Å². The highest BCUT2D eigenvalue weighted by Gasteiger charge is 2.53. The predicted molar refractivity (Wildman–Crippen MR) is 153 cm³/mol. The second-order valence-electron chi connectivity index (χ2n) is 13.7. The molecule has 6 rings (SSSR count). The maximum absolute atomic E-state index is 15.4. The first-order valence-electron chi connectivity index (χ1n) is 14.4. The third-order valence-electron chi connectivity index (χ3n) is 10.2. The van der Waals surface area contributed by atoms with Crippen molar-refractivity contribution in [1.82, 2.24) is 19.9 Å². The minimum atomic E-state index is -1.93. The monoisotopic (exact) mass is 595 g/mol. The Morgan fingerprint density at radius 2 is 1.90 bits per heavy atom. The molecule has 2 saturated heterocycles. The minimum Gasteiger partial charge on any atom is -0.477 e. The lowest BCUT2D eigenvalue weighted by atomic mass is 9.71. The molecule has 3 aliphatic heterocycles. The van der Waals surface area contributed by atoms with Gasteiger partial charge in [0.2, 0.25) is 5.88 Å². The van der Waals surface area contributed by atoms with Crippen molar-refractivity contribution in [2.75, 3.05) is 38.3 Å². The van der Waals surface area contributed by atoms with Crippen LogP contribution in [-0.4, -0.2) is 84.9 Å². The van der Waals surface area contributed by atoms with Gasteiger partial charge in [0, 0.05) is 38.1 Å². The zero-order valence-corrected chi connectivity index (χ0v) is 26.1. The fourth-order valence-corrected chi connectivity index (χ4v) is 8.33. The van der Waals surface area contributed by atoms with E-state index in [0.717, 1.165) is 38.6 Å². The van der Waals surface area contributed by atoms with Crippen LogP contribution in [0.2, 0.25) is 23.3 Å². The lowest BCUT2D eigenvalue weighted by molar-refractivity contribution is 0.0174. The van der Waals surface area contributed by atoms with Crippen LogP contribution in [0.3, 0.4) is 0 Å². The second kappa shape index (κ2) is 9.60. The fourth-order valence-electron chi connectivity index (χ4n) is 6.81. The van der Waals surface area contributed by atoms with E-state index < -0.39 is 20.3 Å². The second-order valence-corrected chi connectivity index (χ2v) is 18.8. The Kier molecular flexibility index (Phi) is 6.80. The first-order valence-corrected chi connectivity index (χ1v) is 17.7. The van der Waals surface area contributed by atoms with Gasteiger partial charge in [-0.25, -0.2) is 8.78 Å². The van der Waals surface area contributed by atoms with Crippen molar-refractivity contribution in [3.63, 3.8) is 0 Å². The highest BCUT2D eigenvalue weighted by Crippen LogP contribution is 2.50. The van der Waals surface area contributed by atoms with Gasteiger partial charge in [0.1, 0.15) is 29.5 Å². The summed E-state index contributed by atoms with van der Waals surface area (Å²) in [4.78, 5) is 17.7. The minimum absolute atomic E-state index is 0.0165. The summed E-state index contributed by atoms with van der Waals surface area (Å²) < 4.78 is 48.7. The van der Waals surface area contributed by atoms with Gasteiger partial charge in [0.15, 0.2) is 19.3 Å². The molecule has 2 aromatic rings. The molecular formula is C28H40ClF2N5O3Si. The van der Waals surface area contributed by atoms with Crippen LogP contribution in [0.1, 0.15) is 59.3 Å². The molecule has 0 aromatic carbocycles. The summed E-state index contributed by atoms with van der Waals surface area (Å²) in [6, 6.07) is 0.0501. The third kappa shape index (κ3) is 4.55. The van der Waals surface area contributed by atoms with E-state index in [4.69, 9.17) is 30.5 Å². The normalized spacial score (nSPS) is 30.7. The number of fused-ring (bicyclic) bond motifs is 1. The zero-order chi connectivity index (χ0) is 28.7. The van der Waals surface area contributed by atoms with Crippen LogP contribution >= 0.6 is 11.6 Å². The quantitative estimate of drug-likeness (QED) is 0.312. The van der Waals surface area contributed by atoms with E-state index in [1.807, 2.05) is 7.05 Å². The van der Waals surface area contributed by atoms with Gasteiger partial charge < -0.3 is 18.8 Å². The Balaban J connectivity index is 1.33. The number of pyridine rings is 1. The lowest BCUT2D eigenvalue weighted by Crippen LogP contribution is -2.62. The summed E-state index contributed by atoms with van der Waals surface area (Å²) in [5.41, 5.74) is -0.628. The Morgan fingerprint density at radius 3 is 2.62 bits per heavy atom. The molecule has 1 spiro atoms. The molecule has 5 heterocycles. The van der Waals surface area contributed by atoms with E-state index in [1.54, 1.807) is 0 Å². The van der Waals surface area contributed by atoms with Crippen molar-refractivity contribution in [3.8, 4) is 11.9 Å². The average molecular weight is 596 g/mol. The molecular weight excluding hydrogens is 556 g/mol. The van der Waals surface area contributed by atoms with Gasteiger partial charge in [-0.2, -0.15) is 15.0 Å². The van der Waals surface area contributed by atoms with Gasteiger partial charge in [-0.3, -0.25) is 4.90 Å². The summed E-state index contributed by atoms with van der Waals surface area (Å²) in [6.07, 6.45) is 3.91. The van der Waals surface area contributed by atoms with Gasteiger partial charge >= 0.3 is 6.01 Å². The van der Waals surface area contributed by atoms with Gasteiger partial charge in [0.25, 0.3) is 0 Å². The van der Waals surface area contributed by atoms with Gasteiger partial charge in [-0.1, -0.05) is 32.4 Å². The van der Waals surface area contributed by atoms with Crippen molar-refractivity contribution in [1.29, 1.82) is 0 Å². The summed E-state index contributed by atoms with van der Waals surface area (Å²) >= 11 is 6.17. The molecule has 0 amide bonds. The highest BCUT2D eigenvalue weighted by molar-refractivity contribution is 6.74. The van der Waals surface area contributed by atoms with Crippen molar-refractivity contribution in [3.05, 3.63) is 11.0 Å². The van der Waals surface area contributed by atoms with Crippen molar-refractivity contribution >= 4 is 36.6 Å². The van der Waals surface area contributed by atoms with Crippen LogP contribution in [0.5, 0.6) is 11.9 Å². The van der Waals surface area contributed by atoms with Crippen LogP contribution in [0, 0.1) is 5.82 Å². The van der Waals surface area contributed by atoms with Gasteiger partial charge in [0.05, 0.1) is 12.1 Å². The Hall–Kier alpha value is -1.82.